The number of ether oxygens (including phenoxy) is 22. The van der Waals surface area contributed by atoms with E-state index in [1.807, 2.05) is 85.7 Å². The first-order valence-corrected chi connectivity index (χ1v) is 43.0. The van der Waals surface area contributed by atoms with E-state index < -0.39 is 159 Å². The summed E-state index contributed by atoms with van der Waals surface area (Å²) in [5.74, 6) is -3.83. The van der Waals surface area contributed by atoms with Gasteiger partial charge in [-0.25, -0.2) is 19.2 Å². The number of hydrogen-bond donors (Lipinski definition) is 1. The Morgan fingerprint density at radius 1 is 0.342 bits per heavy atom. The van der Waals surface area contributed by atoms with Crippen LogP contribution in [-0.2, 0) is 125 Å². The standard InChI is InChI=1S/C88H135NO28/c1-12-20-47-97-57-65-68(108-61(10)91)71(99-49-22-14-3)78(104-54-27-19-8)85(110-65)116-75-74(102-52-25-17-6)80(113-82(93)64-44-36-30-37-45-64)87(117-76(75)83(94)96-11)115-69-66(58-98-48-21-13-2)111-86(79(73(69)101-51-24-16-5)112-81(92)63-42-34-29-35-43-63)114-70-67(59-106-60(9)90)109-84(77(103-53-26-18-7)72(70)100-50-23-15-4)105-55-39-31-38-46-89-88(95)107-56-62-40-32-28-33-41-62/h28-30,32-37,40-45,65-80,84-87H,12-27,31,38-39,46-59H2,1-11H3,(H,89,95)/t65?,66?,67?,68-,69+,70+,71-,72-,73?,74?,75-,76?,77?,78?,79-,80-,84-,85+,86-,87+/m0/s1. The topological polar surface area (TPSA) is 318 Å². The number of esters is 5. The zero-order valence-electron chi connectivity index (χ0n) is 71.0. The Morgan fingerprint density at radius 2 is 0.718 bits per heavy atom. The summed E-state index contributed by atoms with van der Waals surface area (Å²) >= 11 is 0. The molecule has 4 aliphatic heterocycles. The summed E-state index contributed by atoms with van der Waals surface area (Å²) in [6, 6.07) is 26.0. The number of hydrogen-bond acceptors (Lipinski definition) is 28. The molecule has 29 nitrogen and oxygen atoms in total. The van der Waals surface area contributed by atoms with Gasteiger partial charge in [-0.05, 0) is 100 Å². The van der Waals surface area contributed by atoms with Crippen molar-refractivity contribution < 1.29 is 133 Å². The van der Waals surface area contributed by atoms with E-state index in [4.69, 9.17) is 104 Å². The van der Waals surface area contributed by atoms with Gasteiger partial charge >= 0.3 is 35.9 Å². The van der Waals surface area contributed by atoms with Crippen LogP contribution < -0.4 is 5.32 Å². The van der Waals surface area contributed by atoms with E-state index in [2.05, 4.69) is 5.32 Å². The highest BCUT2D eigenvalue weighted by Gasteiger charge is 2.61. The van der Waals surface area contributed by atoms with Gasteiger partial charge in [0, 0.05) is 79.9 Å². The van der Waals surface area contributed by atoms with Crippen LogP contribution in [0.15, 0.2) is 91.0 Å². The third-order valence-corrected chi connectivity index (χ3v) is 20.1. The van der Waals surface area contributed by atoms with E-state index in [9.17, 15) is 14.4 Å². The average Bonchev–Trinajstić information content (AvgIpc) is 0.754. The van der Waals surface area contributed by atoms with Gasteiger partial charge in [-0.15, -0.1) is 0 Å². The molecule has 8 unspecified atom stereocenters. The van der Waals surface area contributed by atoms with Crippen LogP contribution in [0.1, 0.15) is 218 Å². The van der Waals surface area contributed by atoms with Gasteiger partial charge in [-0.3, -0.25) is 9.59 Å². The van der Waals surface area contributed by atoms with Crippen LogP contribution in [0, 0.1) is 0 Å². The van der Waals surface area contributed by atoms with Crippen molar-refractivity contribution in [3.63, 3.8) is 0 Å². The summed E-state index contributed by atoms with van der Waals surface area (Å²) in [6.45, 7) is 20.3. The van der Waals surface area contributed by atoms with Crippen LogP contribution >= 0.6 is 0 Å². The quantitative estimate of drug-likeness (QED) is 0.0312. The molecule has 0 bridgehead atoms. The Hall–Kier alpha value is -6.36. The van der Waals surface area contributed by atoms with E-state index in [1.165, 1.54) is 21.0 Å². The first-order valence-electron chi connectivity index (χ1n) is 43.0. The molecule has 4 aliphatic rings. The highest BCUT2D eigenvalue weighted by molar-refractivity contribution is 5.90. The summed E-state index contributed by atoms with van der Waals surface area (Å²) in [6.07, 6.45) is -15.1. The molecule has 4 fully saturated rings. The van der Waals surface area contributed by atoms with E-state index in [0.29, 0.717) is 90.2 Å². The first kappa shape index (κ1) is 97.8. The number of methoxy groups -OCH3 is 1. The second-order valence-electron chi connectivity index (χ2n) is 29.6. The van der Waals surface area contributed by atoms with E-state index in [1.54, 1.807) is 60.7 Å². The minimum atomic E-state index is -1.85. The number of rotatable bonds is 57. The number of benzene rings is 3. The molecule has 29 heteroatoms. The van der Waals surface area contributed by atoms with Crippen molar-refractivity contribution in [2.45, 2.75) is 321 Å². The molecule has 0 spiro atoms. The first-order chi connectivity index (χ1) is 57.1. The smallest absolute Gasteiger partial charge is 0.407 e. The summed E-state index contributed by atoms with van der Waals surface area (Å²) in [7, 11) is 1.19. The van der Waals surface area contributed by atoms with Gasteiger partial charge in [0.1, 0.15) is 86.5 Å². The Bertz CT molecular complexity index is 3200. The van der Waals surface area contributed by atoms with Gasteiger partial charge in [0.25, 0.3) is 0 Å². The average molecular weight is 1660 g/mol. The molecule has 0 aliphatic carbocycles. The largest absolute Gasteiger partial charge is 0.467 e. The molecule has 117 heavy (non-hydrogen) atoms. The van der Waals surface area contributed by atoms with Gasteiger partial charge in [-0.2, -0.15) is 0 Å². The summed E-state index contributed by atoms with van der Waals surface area (Å²) in [4.78, 5) is 84.4. The Labute approximate surface area is 692 Å². The Kier molecular flexibility index (Phi) is 47.0. The summed E-state index contributed by atoms with van der Waals surface area (Å²) in [5.41, 5.74) is 1.16. The fourth-order valence-electron chi connectivity index (χ4n) is 13.6. The number of carbonyl (C=O) groups is 6. The summed E-state index contributed by atoms with van der Waals surface area (Å²) < 4.78 is 148. The minimum Gasteiger partial charge on any atom is -0.467 e. The number of amides is 1. The zero-order valence-corrected chi connectivity index (χ0v) is 71.0. The van der Waals surface area contributed by atoms with Crippen molar-refractivity contribution in [1.29, 1.82) is 0 Å². The van der Waals surface area contributed by atoms with Gasteiger partial charge in [0.2, 0.25) is 0 Å². The minimum absolute atomic E-state index is 0.0205. The van der Waals surface area contributed by atoms with Gasteiger partial charge < -0.3 is 110 Å². The molecule has 7 rings (SSSR count). The van der Waals surface area contributed by atoms with Crippen LogP contribution in [0.5, 0.6) is 0 Å². The number of unbranched alkanes of at least 4 members (excludes halogenated alkanes) is 10. The summed E-state index contributed by atoms with van der Waals surface area (Å²) in [5, 5.41) is 2.82. The van der Waals surface area contributed by atoms with Gasteiger partial charge in [-0.1, -0.05) is 173 Å². The molecular weight excluding hydrogens is 1520 g/mol. The maximum atomic E-state index is 15.2. The molecule has 0 radical (unpaired) electrons. The lowest BCUT2D eigenvalue weighted by Crippen LogP contribution is -2.69. The lowest BCUT2D eigenvalue weighted by molar-refractivity contribution is -0.391. The third kappa shape index (κ3) is 32.5. The fraction of sp³-hybridized carbons (Fsp3) is 0.727. The Morgan fingerprint density at radius 3 is 1.18 bits per heavy atom. The molecule has 4 heterocycles. The molecule has 4 saturated heterocycles. The zero-order chi connectivity index (χ0) is 83.9. The van der Waals surface area contributed by atoms with Crippen LogP contribution in [0.4, 0.5) is 4.79 Å². The molecule has 1 N–H and O–H groups in total. The predicted octanol–water partition coefficient (Wildman–Crippen LogP) is 13.0. The van der Waals surface area contributed by atoms with Crippen LogP contribution in [0.2, 0.25) is 0 Å². The third-order valence-electron chi connectivity index (χ3n) is 20.1. The van der Waals surface area contributed by atoms with Crippen molar-refractivity contribution in [3.05, 3.63) is 108 Å². The second-order valence-corrected chi connectivity index (χ2v) is 29.6. The maximum Gasteiger partial charge on any atom is 0.407 e. The van der Waals surface area contributed by atoms with E-state index in [-0.39, 0.29) is 90.4 Å². The van der Waals surface area contributed by atoms with Gasteiger partial charge in [0.15, 0.2) is 49.6 Å². The molecule has 0 aromatic heterocycles. The molecule has 3 aromatic carbocycles. The van der Waals surface area contributed by atoms with Crippen LogP contribution in [-0.4, -0.2) is 252 Å². The number of nitrogens with one attached hydrogen (secondary N) is 1. The molecule has 3 aromatic rings. The normalized spacial score (nSPS) is 27.2. The van der Waals surface area contributed by atoms with E-state index in [0.717, 1.165) is 50.5 Å². The SMILES string of the molecule is CCCCOCC1O[C@@H](O[C@@H]2C(COC(C)=O)O[C@H](OCCCCCNC(=O)OCc3ccccc3)C(OCCCC)[C@H]2OCCCC)[C@@H](OC(=O)c2ccccc2)C(OCCCC)[C@@H]1O[C@@H]1OC(C(=O)OC)[C@@H](O[C@H]2OC(COCCCC)[C@H](OC(C)=O)[C@H](OCCCC)C2OCCCC)C(OCCCC)[C@@H]1OC(=O)c1ccccc1. The fourth-order valence-corrected chi connectivity index (χ4v) is 13.6. The predicted molar refractivity (Wildman–Crippen MR) is 429 cm³/mol. The molecule has 660 valence electrons. The van der Waals surface area contributed by atoms with Gasteiger partial charge in [0.05, 0.1) is 31.5 Å². The lowest BCUT2D eigenvalue weighted by Gasteiger charge is -2.51. The number of alkyl carbamates (subject to hydrolysis) is 1. The van der Waals surface area contributed by atoms with Crippen molar-refractivity contribution in [2.24, 2.45) is 0 Å². The monoisotopic (exact) mass is 1650 g/mol. The van der Waals surface area contributed by atoms with Crippen LogP contribution in [0.3, 0.4) is 0 Å². The molecule has 20 atom stereocenters. The highest BCUT2D eigenvalue weighted by atomic mass is 16.8. The molecule has 0 saturated carbocycles. The van der Waals surface area contributed by atoms with Crippen molar-refractivity contribution in [1.82, 2.24) is 5.32 Å². The maximum absolute atomic E-state index is 15.2. The van der Waals surface area contributed by atoms with Crippen molar-refractivity contribution >= 4 is 35.9 Å². The van der Waals surface area contributed by atoms with E-state index >= 15 is 14.4 Å². The number of carbonyl (C=O) groups excluding carboxylic acids is 6. The second kappa shape index (κ2) is 56.3. The Balaban J connectivity index is 1.36. The van der Waals surface area contributed by atoms with Crippen molar-refractivity contribution in [2.75, 3.05) is 92.9 Å². The van der Waals surface area contributed by atoms with Crippen LogP contribution in [0.25, 0.3) is 0 Å². The molecule has 1 amide bonds. The highest BCUT2D eigenvalue weighted by Crippen LogP contribution is 2.41. The lowest BCUT2D eigenvalue weighted by atomic mass is 9.94. The molecular formula is C88H135NO28. The van der Waals surface area contributed by atoms with Crippen molar-refractivity contribution in [3.8, 4) is 0 Å².